The lowest BCUT2D eigenvalue weighted by atomic mass is 10.1. The number of carbonyl (C=O) groups excluding carboxylic acids is 1. The van der Waals surface area contributed by atoms with Gasteiger partial charge in [-0.25, -0.2) is 8.42 Å². The number of rotatable bonds is 3. The van der Waals surface area contributed by atoms with Crippen LogP contribution in [0.2, 0.25) is 0 Å². The Morgan fingerprint density at radius 2 is 1.59 bits per heavy atom. The van der Waals surface area contributed by atoms with E-state index in [9.17, 15) is 26.4 Å². The van der Waals surface area contributed by atoms with Gasteiger partial charge in [-0.15, -0.1) is 0 Å². The van der Waals surface area contributed by atoms with Crippen molar-refractivity contribution in [2.24, 2.45) is 0 Å². The van der Waals surface area contributed by atoms with Crippen LogP contribution in [0.15, 0.2) is 4.90 Å². The summed E-state index contributed by atoms with van der Waals surface area (Å²) in [5, 5.41) is 4.35. The molecule has 0 aliphatic carbocycles. The van der Waals surface area contributed by atoms with Crippen molar-refractivity contribution in [1.82, 2.24) is 19.0 Å². The number of aryl methyl sites for hydroxylation is 1. The van der Waals surface area contributed by atoms with Crippen molar-refractivity contribution in [2.75, 3.05) is 26.2 Å². The van der Waals surface area contributed by atoms with Gasteiger partial charge in [0.25, 0.3) is 0 Å². The summed E-state index contributed by atoms with van der Waals surface area (Å²) in [6.07, 6.45) is -6.10. The zero-order chi connectivity index (χ0) is 20.8. The summed E-state index contributed by atoms with van der Waals surface area (Å²) in [7, 11) is -3.86. The van der Waals surface area contributed by atoms with Crippen LogP contribution < -0.4 is 0 Å². The van der Waals surface area contributed by atoms with Crippen LogP contribution in [0.1, 0.15) is 38.6 Å². The van der Waals surface area contributed by atoms with Crippen LogP contribution in [-0.2, 0) is 20.4 Å². The first kappa shape index (κ1) is 21.7. The minimum Gasteiger partial charge on any atom is -0.340 e. The Bertz CT molecular complexity index is 817. The average molecular weight is 410 g/mol. The summed E-state index contributed by atoms with van der Waals surface area (Å²) in [6, 6.07) is 0. The lowest BCUT2D eigenvalue weighted by Crippen LogP contribution is -2.51. The number of halogens is 3. The van der Waals surface area contributed by atoms with E-state index in [4.69, 9.17) is 0 Å². The number of hydrogen-bond donors (Lipinski definition) is 0. The second kappa shape index (κ2) is 7.08. The maximum absolute atomic E-state index is 13.1. The van der Waals surface area contributed by atoms with E-state index in [2.05, 4.69) is 5.10 Å². The average Bonchev–Trinajstić information content (AvgIpc) is 2.81. The molecule has 1 aromatic heterocycles. The summed E-state index contributed by atoms with van der Waals surface area (Å²) in [6.45, 7) is 8.79. The Kier molecular flexibility index (Phi) is 5.69. The SMILES string of the molecule is Cc1nn(C(C)(C)C)c(C)c1S(=O)(=O)N1CCN(C(=O)CC(F)(F)F)CC1. The monoisotopic (exact) mass is 410 g/mol. The zero-order valence-electron chi connectivity index (χ0n) is 16.1. The van der Waals surface area contributed by atoms with Gasteiger partial charge in [0.05, 0.1) is 16.9 Å². The molecule has 2 heterocycles. The van der Waals surface area contributed by atoms with E-state index in [0.29, 0.717) is 11.4 Å². The number of piperazine rings is 1. The fourth-order valence-corrected chi connectivity index (χ4v) is 5.02. The van der Waals surface area contributed by atoms with Crippen molar-refractivity contribution in [2.45, 2.75) is 57.7 Å². The van der Waals surface area contributed by atoms with Crippen molar-refractivity contribution in [3.8, 4) is 0 Å². The lowest BCUT2D eigenvalue weighted by Gasteiger charge is -2.34. The summed E-state index contributed by atoms with van der Waals surface area (Å²) >= 11 is 0. The van der Waals surface area contributed by atoms with Gasteiger partial charge in [0.1, 0.15) is 11.3 Å². The maximum Gasteiger partial charge on any atom is 0.397 e. The first-order valence-corrected chi connectivity index (χ1v) is 10.00. The van der Waals surface area contributed by atoms with Crippen molar-refractivity contribution in [1.29, 1.82) is 0 Å². The van der Waals surface area contributed by atoms with Crippen molar-refractivity contribution >= 4 is 15.9 Å². The molecule has 1 amide bonds. The number of aromatic nitrogens is 2. The molecule has 1 aromatic rings. The van der Waals surface area contributed by atoms with E-state index in [-0.39, 0.29) is 31.1 Å². The summed E-state index contributed by atoms with van der Waals surface area (Å²) in [4.78, 5) is 12.9. The van der Waals surface area contributed by atoms with Gasteiger partial charge in [-0.2, -0.15) is 22.6 Å². The normalized spacial score (nSPS) is 17.4. The third-order valence-electron chi connectivity index (χ3n) is 4.40. The zero-order valence-corrected chi connectivity index (χ0v) is 16.9. The molecule has 11 heteroatoms. The molecule has 2 rings (SSSR count). The third-order valence-corrected chi connectivity index (χ3v) is 6.55. The van der Waals surface area contributed by atoms with Crippen LogP contribution in [0, 0.1) is 13.8 Å². The molecule has 154 valence electrons. The van der Waals surface area contributed by atoms with Gasteiger partial charge in [0.2, 0.25) is 15.9 Å². The molecule has 7 nitrogen and oxygen atoms in total. The number of sulfonamides is 1. The van der Waals surface area contributed by atoms with E-state index in [1.165, 1.54) is 4.31 Å². The number of nitrogens with zero attached hydrogens (tertiary/aromatic N) is 4. The lowest BCUT2D eigenvalue weighted by molar-refractivity contribution is -0.162. The Morgan fingerprint density at radius 1 is 1.07 bits per heavy atom. The minimum absolute atomic E-state index is 0.0501. The number of amides is 1. The molecule has 27 heavy (non-hydrogen) atoms. The molecular formula is C16H25F3N4O3S. The molecule has 1 aliphatic rings. The highest BCUT2D eigenvalue weighted by Crippen LogP contribution is 2.28. The second-order valence-electron chi connectivity index (χ2n) is 7.66. The molecular weight excluding hydrogens is 385 g/mol. The highest BCUT2D eigenvalue weighted by Gasteiger charge is 2.38. The highest BCUT2D eigenvalue weighted by atomic mass is 32.2. The van der Waals surface area contributed by atoms with E-state index < -0.39 is 34.1 Å². The van der Waals surface area contributed by atoms with Crippen molar-refractivity contribution in [3.05, 3.63) is 11.4 Å². The predicted octanol–water partition coefficient (Wildman–Crippen LogP) is 2.04. The van der Waals surface area contributed by atoms with Crippen molar-refractivity contribution < 1.29 is 26.4 Å². The fraction of sp³-hybridized carbons (Fsp3) is 0.750. The molecule has 0 N–H and O–H groups in total. The van der Waals surface area contributed by atoms with Crippen LogP contribution in [0.5, 0.6) is 0 Å². The van der Waals surface area contributed by atoms with Gasteiger partial charge in [0, 0.05) is 26.2 Å². The Morgan fingerprint density at radius 3 is 2.00 bits per heavy atom. The van der Waals surface area contributed by atoms with Gasteiger partial charge in [-0.3, -0.25) is 9.48 Å². The molecule has 0 saturated carbocycles. The summed E-state index contributed by atoms with van der Waals surface area (Å²) in [5.74, 6) is -1.03. The molecule has 0 spiro atoms. The smallest absolute Gasteiger partial charge is 0.340 e. The topological polar surface area (TPSA) is 75.5 Å². The Hall–Kier alpha value is -1.62. The quantitative estimate of drug-likeness (QED) is 0.764. The Labute approximate surface area is 157 Å². The second-order valence-corrected chi connectivity index (χ2v) is 9.53. The van der Waals surface area contributed by atoms with Crippen molar-refractivity contribution in [3.63, 3.8) is 0 Å². The van der Waals surface area contributed by atoms with E-state index in [1.54, 1.807) is 18.5 Å². The molecule has 0 atom stereocenters. The van der Waals surface area contributed by atoms with Gasteiger partial charge >= 0.3 is 6.18 Å². The van der Waals surface area contributed by atoms with Gasteiger partial charge < -0.3 is 4.90 Å². The van der Waals surface area contributed by atoms with Gasteiger partial charge in [-0.1, -0.05) is 0 Å². The summed E-state index contributed by atoms with van der Waals surface area (Å²) in [5.41, 5.74) is 0.485. The minimum atomic E-state index is -4.57. The standard InChI is InChI=1S/C16H25F3N4O3S/c1-11-14(12(2)23(20-11)15(3,4)5)27(25,26)22-8-6-21(7-9-22)13(24)10-16(17,18)19/h6-10H2,1-5H3. The first-order valence-electron chi connectivity index (χ1n) is 8.56. The number of hydrogen-bond acceptors (Lipinski definition) is 4. The van der Waals surface area contributed by atoms with Crippen LogP contribution in [0.4, 0.5) is 13.2 Å². The highest BCUT2D eigenvalue weighted by molar-refractivity contribution is 7.89. The van der Waals surface area contributed by atoms with Crippen LogP contribution in [-0.4, -0.2) is 65.7 Å². The van der Waals surface area contributed by atoms with Gasteiger partial charge in [0.15, 0.2) is 0 Å². The first-order chi connectivity index (χ1) is 12.1. The Balaban J connectivity index is 2.19. The predicted molar refractivity (Wildman–Crippen MR) is 92.7 cm³/mol. The molecule has 0 bridgehead atoms. The molecule has 0 aromatic carbocycles. The third kappa shape index (κ3) is 4.63. The van der Waals surface area contributed by atoms with Crippen LogP contribution in [0.25, 0.3) is 0 Å². The maximum atomic E-state index is 13.1. The number of alkyl halides is 3. The molecule has 0 unspecified atom stereocenters. The molecule has 1 fully saturated rings. The van der Waals surface area contributed by atoms with E-state index in [0.717, 1.165) is 4.90 Å². The van der Waals surface area contributed by atoms with E-state index >= 15 is 0 Å². The molecule has 0 radical (unpaired) electrons. The van der Waals surface area contributed by atoms with Gasteiger partial charge in [-0.05, 0) is 34.6 Å². The molecule has 1 aliphatic heterocycles. The fourth-order valence-electron chi connectivity index (χ4n) is 3.25. The van der Waals surface area contributed by atoms with E-state index in [1.807, 2.05) is 20.8 Å². The van der Waals surface area contributed by atoms with Crippen LogP contribution in [0.3, 0.4) is 0 Å². The number of carbonyl (C=O) groups is 1. The molecule has 1 saturated heterocycles. The largest absolute Gasteiger partial charge is 0.397 e. The van der Waals surface area contributed by atoms with Crippen LogP contribution >= 0.6 is 0 Å². The summed E-state index contributed by atoms with van der Waals surface area (Å²) < 4.78 is 66.1.